The Kier molecular flexibility index (Phi) is 4.28. The second kappa shape index (κ2) is 5.93. The highest BCUT2D eigenvalue weighted by atomic mass is 31.1. The molecule has 1 unspecified atom stereocenters. The lowest BCUT2D eigenvalue weighted by Gasteiger charge is -2.06. The second-order valence-electron chi connectivity index (χ2n) is 4.42. The van der Waals surface area contributed by atoms with E-state index in [2.05, 4.69) is 19.1 Å². The van der Waals surface area contributed by atoms with E-state index in [1.54, 1.807) is 0 Å². The molecule has 0 bridgehead atoms. The number of aryl methyl sites for hydroxylation is 2. The summed E-state index contributed by atoms with van der Waals surface area (Å²) in [7, 11) is 0.315. The fourth-order valence-electron chi connectivity index (χ4n) is 1.91. The third-order valence-corrected chi connectivity index (χ3v) is 4.24. The topological polar surface area (TPSA) is 17.1 Å². The SMILES string of the molecule is Cc1ccccc1CPC(=O)c1ccccc1C. The monoisotopic (exact) mass is 256 g/mol. The molecular weight excluding hydrogens is 239 g/mol. The molecule has 0 saturated carbocycles. The molecule has 18 heavy (non-hydrogen) atoms. The van der Waals surface area contributed by atoms with Gasteiger partial charge in [0.2, 0.25) is 0 Å². The normalized spacial score (nSPS) is 11.0. The van der Waals surface area contributed by atoms with Crippen LogP contribution in [0.1, 0.15) is 27.0 Å². The smallest absolute Gasteiger partial charge is 0.181 e. The Hall–Kier alpha value is -1.46. The van der Waals surface area contributed by atoms with Gasteiger partial charge in [0, 0.05) is 5.56 Å². The number of rotatable bonds is 4. The zero-order valence-electron chi connectivity index (χ0n) is 10.7. The average Bonchev–Trinajstić information content (AvgIpc) is 2.38. The molecule has 0 amide bonds. The molecule has 0 aromatic heterocycles. The standard InChI is InChI=1S/C16H17OP/c1-12-7-3-5-9-14(12)11-18-16(17)15-10-6-4-8-13(15)2/h3-10,18H,11H2,1-2H3. The first-order valence-electron chi connectivity index (χ1n) is 6.07. The summed E-state index contributed by atoms with van der Waals surface area (Å²) >= 11 is 0. The summed E-state index contributed by atoms with van der Waals surface area (Å²) in [5, 5.41) is 0. The van der Waals surface area contributed by atoms with E-state index < -0.39 is 0 Å². The van der Waals surface area contributed by atoms with Crippen molar-refractivity contribution >= 4 is 14.1 Å². The first-order chi connectivity index (χ1) is 8.68. The van der Waals surface area contributed by atoms with Crippen LogP contribution in [-0.2, 0) is 6.16 Å². The van der Waals surface area contributed by atoms with Crippen LogP contribution in [0, 0.1) is 13.8 Å². The van der Waals surface area contributed by atoms with Crippen molar-refractivity contribution in [1.29, 1.82) is 0 Å². The number of benzene rings is 2. The van der Waals surface area contributed by atoms with E-state index >= 15 is 0 Å². The number of carbonyl (C=O) groups excluding carboxylic acids is 1. The van der Waals surface area contributed by atoms with E-state index in [9.17, 15) is 4.79 Å². The largest absolute Gasteiger partial charge is 0.289 e. The Labute approximate surface area is 110 Å². The molecule has 0 N–H and O–H groups in total. The van der Waals surface area contributed by atoms with Crippen molar-refractivity contribution in [2.24, 2.45) is 0 Å². The minimum Gasteiger partial charge on any atom is -0.289 e. The van der Waals surface area contributed by atoms with Crippen LogP contribution in [-0.4, -0.2) is 5.52 Å². The molecule has 2 aromatic rings. The highest BCUT2D eigenvalue weighted by Crippen LogP contribution is 2.26. The summed E-state index contributed by atoms with van der Waals surface area (Å²) in [4.78, 5) is 12.2. The minimum absolute atomic E-state index is 0.261. The van der Waals surface area contributed by atoms with Gasteiger partial charge in [0.1, 0.15) is 0 Å². The van der Waals surface area contributed by atoms with E-state index in [0.29, 0.717) is 8.58 Å². The van der Waals surface area contributed by atoms with Gasteiger partial charge in [-0.3, -0.25) is 4.79 Å². The molecule has 2 heteroatoms. The summed E-state index contributed by atoms with van der Waals surface area (Å²) in [5.41, 5.74) is 4.74. The molecule has 1 atom stereocenters. The van der Waals surface area contributed by atoms with Crippen LogP contribution in [0.25, 0.3) is 0 Å². The van der Waals surface area contributed by atoms with Crippen LogP contribution in [0.2, 0.25) is 0 Å². The molecule has 2 aromatic carbocycles. The molecule has 0 aliphatic carbocycles. The van der Waals surface area contributed by atoms with Crippen LogP contribution in [0.15, 0.2) is 48.5 Å². The number of hydrogen-bond donors (Lipinski definition) is 0. The zero-order chi connectivity index (χ0) is 13.0. The van der Waals surface area contributed by atoms with Crippen LogP contribution >= 0.6 is 8.58 Å². The van der Waals surface area contributed by atoms with E-state index in [4.69, 9.17) is 0 Å². The maximum Gasteiger partial charge on any atom is 0.181 e. The quantitative estimate of drug-likeness (QED) is 0.744. The molecule has 1 nitrogen and oxygen atoms in total. The van der Waals surface area contributed by atoms with Gasteiger partial charge < -0.3 is 0 Å². The van der Waals surface area contributed by atoms with Crippen molar-refractivity contribution in [2.75, 3.05) is 0 Å². The molecule has 0 heterocycles. The lowest BCUT2D eigenvalue weighted by atomic mass is 10.1. The van der Waals surface area contributed by atoms with Crippen molar-refractivity contribution < 1.29 is 4.79 Å². The summed E-state index contributed by atoms with van der Waals surface area (Å²) in [6.45, 7) is 4.09. The minimum atomic E-state index is 0.261. The number of carbonyl (C=O) groups is 1. The molecule has 0 fully saturated rings. The van der Waals surface area contributed by atoms with E-state index in [-0.39, 0.29) is 5.52 Å². The summed E-state index contributed by atoms with van der Waals surface area (Å²) in [5.74, 6) is 0. The fourth-order valence-corrected chi connectivity index (χ4v) is 3.13. The Balaban J connectivity index is 2.06. The Bertz CT molecular complexity index is 561. The van der Waals surface area contributed by atoms with Gasteiger partial charge >= 0.3 is 0 Å². The summed E-state index contributed by atoms with van der Waals surface area (Å²) in [6, 6.07) is 16.1. The lowest BCUT2D eigenvalue weighted by molar-refractivity contribution is 0.108. The average molecular weight is 256 g/mol. The molecule has 92 valence electrons. The Morgan fingerprint density at radius 2 is 1.56 bits per heavy atom. The molecule has 2 rings (SSSR count). The van der Waals surface area contributed by atoms with Gasteiger partial charge in [-0.05, 0) is 45.3 Å². The molecular formula is C16H17OP. The highest BCUT2D eigenvalue weighted by Gasteiger charge is 2.08. The van der Waals surface area contributed by atoms with Crippen molar-refractivity contribution in [3.8, 4) is 0 Å². The van der Waals surface area contributed by atoms with E-state index in [1.807, 2.05) is 43.3 Å². The predicted octanol–water partition coefficient (Wildman–Crippen LogP) is 4.32. The van der Waals surface area contributed by atoms with Gasteiger partial charge in [-0.1, -0.05) is 48.5 Å². The predicted molar refractivity (Wildman–Crippen MR) is 78.7 cm³/mol. The van der Waals surface area contributed by atoms with Crippen molar-refractivity contribution in [3.63, 3.8) is 0 Å². The molecule has 0 aliphatic heterocycles. The zero-order valence-corrected chi connectivity index (χ0v) is 11.7. The molecule has 0 aliphatic rings. The summed E-state index contributed by atoms with van der Waals surface area (Å²) < 4.78 is 0. The first-order valence-corrected chi connectivity index (χ1v) is 7.27. The van der Waals surface area contributed by atoms with Crippen LogP contribution < -0.4 is 0 Å². The Morgan fingerprint density at radius 3 is 2.22 bits per heavy atom. The van der Waals surface area contributed by atoms with E-state index in [1.165, 1.54) is 11.1 Å². The summed E-state index contributed by atoms with van der Waals surface area (Å²) in [6.07, 6.45) is 0.847. The van der Waals surface area contributed by atoms with Gasteiger partial charge in [-0.25, -0.2) is 0 Å². The molecule has 0 radical (unpaired) electrons. The van der Waals surface area contributed by atoms with Crippen molar-refractivity contribution in [2.45, 2.75) is 20.0 Å². The van der Waals surface area contributed by atoms with Crippen LogP contribution in [0.4, 0.5) is 0 Å². The van der Waals surface area contributed by atoms with Crippen LogP contribution in [0.3, 0.4) is 0 Å². The lowest BCUT2D eigenvalue weighted by Crippen LogP contribution is -1.96. The van der Waals surface area contributed by atoms with Crippen LogP contribution in [0.5, 0.6) is 0 Å². The van der Waals surface area contributed by atoms with E-state index in [0.717, 1.165) is 17.3 Å². The highest BCUT2D eigenvalue weighted by molar-refractivity contribution is 7.58. The second-order valence-corrected chi connectivity index (χ2v) is 5.59. The third-order valence-electron chi connectivity index (χ3n) is 3.09. The van der Waals surface area contributed by atoms with Crippen molar-refractivity contribution in [1.82, 2.24) is 0 Å². The molecule has 0 saturated heterocycles. The van der Waals surface area contributed by atoms with Gasteiger partial charge in [0.05, 0.1) is 0 Å². The Morgan fingerprint density at radius 1 is 0.944 bits per heavy atom. The van der Waals surface area contributed by atoms with Gasteiger partial charge in [-0.2, -0.15) is 0 Å². The maximum absolute atomic E-state index is 12.2. The third kappa shape index (κ3) is 3.05. The van der Waals surface area contributed by atoms with Gasteiger partial charge in [0.15, 0.2) is 5.52 Å². The van der Waals surface area contributed by atoms with Gasteiger partial charge in [0.25, 0.3) is 0 Å². The number of hydrogen-bond acceptors (Lipinski definition) is 1. The first kappa shape index (κ1) is 13.0. The van der Waals surface area contributed by atoms with Gasteiger partial charge in [-0.15, -0.1) is 0 Å². The maximum atomic E-state index is 12.2. The fraction of sp³-hybridized carbons (Fsp3) is 0.188. The van der Waals surface area contributed by atoms with Crippen molar-refractivity contribution in [3.05, 3.63) is 70.8 Å². The molecule has 0 spiro atoms.